The van der Waals surface area contributed by atoms with Gasteiger partial charge < -0.3 is 9.84 Å². The largest absolute Gasteiger partial charge is 0.466 e. The van der Waals surface area contributed by atoms with Gasteiger partial charge in [0.2, 0.25) is 0 Å². The molecule has 0 saturated carbocycles. The van der Waals surface area contributed by atoms with Gasteiger partial charge in [-0.25, -0.2) is 0 Å². The molecule has 0 aromatic rings. The molecule has 1 N–H and O–H groups in total. The first-order chi connectivity index (χ1) is 5.95. The molecule has 0 heterocycles. The zero-order valence-electron chi connectivity index (χ0n) is 7.42. The highest BCUT2D eigenvalue weighted by Gasteiger charge is 2.10. The predicted molar refractivity (Wildman–Crippen MR) is 50.0 cm³/mol. The average Bonchev–Trinajstić information content (AvgIpc) is 2.02. The van der Waals surface area contributed by atoms with Crippen LogP contribution >= 0.6 is 23.2 Å². The molecule has 0 amide bonds. The van der Waals surface area contributed by atoms with Crippen molar-refractivity contribution in [3.05, 3.63) is 0 Å². The first-order valence-electron chi connectivity index (χ1n) is 3.58. The van der Waals surface area contributed by atoms with Crippen LogP contribution in [0.3, 0.4) is 0 Å². The van der Waals surface area contributed by atoms with Crippen molar-refractivity contribution in [3.8, 4) is 0 Å². The standard InChI is InChI=1S/C6H12O3.CCl2O/c1-3-9-6(8)5(2)4-7;2-1(3)4/h5,7H,3-4H2,1-2H3;. The summed E-state index contributed by atoms with van der Waals surface area (Å²) in [5.41, 5.74) is 0. The lowest BCUT2D eigenvalue weighted by molar-refractivity contribution is -0.148. The molecule has 0 spiro atoms. The van der Waals surface area contributed by atoms with Crippen molar-refractivity contribution in [2.75, 3.05) is 13.2 Å². The van der Waals surface area contributed by atoms with Gasteiger partial charge in [-0.1, -0.05) is 0 Å². The lowest BCUT2D eigenvalue weighted by Crippen LogP contribution is -2.17. The molecule has 0 fully saturated rings. The number of carbonyl (C=O) groups is 2. The fourth-order valence-electron chi connectivity index (χ4n) is 0.359. The van der Waals surface area contributed by atoms with Crippen LogP contribution in [0.25, 0.3) is 0 Å². The number of aliphatic hydroxyl groups excluding tert-OH is 1. The van der Waals surface area contributed by atoms with E-state index < -0.39 is 4.70 Å². The summed E-state index contributed by atoms with van der Waals surface area (Å²) in [6.07, 6.45) is 0. The minimum atomic E-state index is -0.889. The van der Waals surface area contributed by atoms with Crippen molar-refractivity contribution in [1.82, 2.24) is 0 Å². The third-order valence-electron chi connectivity index (χ3n) is 0.963. The van der Waals surface area contributed by atoms with Gasteiger partial charge in [-0.3, -0.25) is 9.59 Å². The maximum absolute atomic E-state index is 10.6. The molecule has 13 heavy (non-hydrogen) atoms. The second-order valence-electron chi connectivity index (χ2n) is 2.06. The highest BCUT2D eigenvalue weighted by molar-refractivity contribution is 6.93. The SMILES string of the molecule is CCOC(=O)C(C)CO.O=C(Cl)Cl. The lowest BCUT2D eigenvalue weighted by Gasteiger charge is -2.05. The molecule has 0 bridgehead atoms. The summed E-state index contributed by atoms with van der Waals surface area (Å²) in [6.45, 7) is 3.60. The van der Waals surface area contributed by atoms with Crippen molar-refractivity contribution in [3.63, 3.8) is 0 Å². The molecular formula is C7H12Cl2O4. The van der Waals surface area contributed by atoms with E-state index >= 15 is 0 Å². The van der Waals surface area contributed by atoms with Crippen molar-refractivity contribution in [2.24, 2.45) is 5.92 Å². The van der Waals surface area contributed by atoms with Gasteiger partial charge in [0.05, 0.1) is 19.1 Å². The van der Waals surface area contributed by atoms with Crippen LogP contribution in [0.1, 0.15) is 13.8 Å². The van der Waals surface area contributed by atoms with Crippen LogP contribution in [-0.4, -0.2) is 29.0 Å². The minimum absolute atomic E-state index is 0.140. The number of aliphatic hydroxyl groups is 1. The van der Waals surface area contributed by atoms with Crippen molar-refractivity contribution < 1.29 is 19.4 Å². The first kappa shape index (κ1) is 15.2. The Kier molecular flexibility index (Phi) is 11.4. The van der Waals surface area contributed by atoms with Crippen molar-refractivity contribution in [2.45, 2.75) is 13.8 Å². The summed E-state index contributed by atoms with van der Waals surface area (Å²) >= 11 is 8.80. The molecule has 4 nitrogen and oxygen atoms in total. The normalized spacial score (nSPS) is 10.8. The third-order valence-corrected chi connectivity index (χ3v) is 0.963. The van der Waals surface area contributed by atoms with Gasteiger partial charge >= 0.3 is 10.7 Å². The van der Waals surface area contributed by atoms with Gasteiger partial charge in [-0.2, -0.15) is 0 Å². The van der Waals surface area contributed by atoms with Crippen LogP contribution in [-0.2, 0) is 9.53 Å². The zero-order chi connectivity index (χ0) is 10.9. The Morgan fingerprint density at radius 1 is 1.46 bits per heavy atom. The van der Waals surface area contributed by atoms with E-state index in [1.54, 1.807) is 13.8 Å². The number of hydrogen-bond donors (Lipinski definition) is 1. The Balaban J connectivity index is 0. The molecule has 0 aliphatic carbocycles. The number of halogens is 2. The second kappa shape index (κ2) is 9.77. The highest BCUT2D eigenvalue weighted by Crippen LogP contribution is 1.95. The molecule has 0 radical (unpaired) electrons. The van der Waals surface area contributed by atoms with Gasteiger partial charge in [0.1, 0.15) is 0 Å². The van der Waals surface area contributed by atoms with Crippen molar-refractivity contribution >= 4 is 33.9 Å². The van der Waals surface area contributed by atoms with Crippen LogP contribution < -0.4 is 0 Å². The molecular weight excluding hydrogens is 219 g/mol. The van der Waals surface area contributed by atoms with Crippen LogP contribution in [0.15, 0.2) is 0 Å². The minimum Gasteiger partial charge on any atom is -0.466 e. The van der Waals surface area contributed by atoms with E-state index in [0.717, 1.165) is 0 Å². The molecule has 1 atom stereocenters. The molecule has 0 saturated heterocycles. The van der Waals surface area contributed by atoms with Gasteiger partial charge in [0.15, 0.2) is 0 Å². The number of esters is 1. The maximum atomic E-state index is 10.6. The van der Waals surface area contributed by atoms with Crippen LogP contribution in [0.5, 0.6) is 0 Å². The number of carbonyl (C=O) groups excluding carboxylic acids is 2. The van der Waals surface area contributed by atoms with E-state index in [2.05, 4.69) is 27.9 Å². The Hall–Kier alpha value is -0.320. The van der Waals surface area contributed by atoms with Gasteiger partial charge in [-0.05, 0) is 37.0 Å². The number of rotatable bonds is 3. The summed E-state index contributed by atoms with van der Waals surface area (Å²) in [5, 5.41) is 8.43. The smallest absolute Gasteiger partial charge is 0.313 e. The van der Waals surface area contributed by atoms with Crippen LogP contribution in [0.2, 0.25) is 0 Å². The molecule has 1 unspecified atom stereocenters. The molecule has 6 heteroatoms. The summed E-state index contributed by atoms with van der Waals surface area (Å²) in [4.78, 5) is 19.6. The summed E-state index contributed by atoms with van der Waals surface area (Å²) < 4.78 is 3.71. The Morgan fingerprint density at radius 2 is 1.85 bits per heavy atom. The van der Waals surface area contributed by atoms with E-state index in [-0.39, 0.29) is 18.5 Å². The van der Waals surface area contributed by atoms with Crippen LogP contribution in [0, 0.1) is 5.92 Å². The fourth-order valence-corrected chi connectivity index (χ4v) is 0.359. The summed E-state index contributed by atoms with van der Waals surface area (Å²) in [6, 6.07) is 0. The first-order valence-corrected chi connectivity index (χ1v) is 4.33. The monoisotopic (exact) mass is 230 g/mol. The lowest BCUT2D eigenvalue weighted by atomic mass is 10.2. The van der Waals surface area contributed by atoms with E-state index in [1.807, 2.05) is 0 Å². The molecule has 0 aromatic heterocycles. The van der Waals surface area contributed by atoms with E-state index in [1.165, 1.54) is 0 Å². The van der Waals surface area contributed by atoms with E-state index in [0.29, 0.717) is 6.61 Å². The Labute approximate surface area is 86.8 Å². The van der Waals surface area contributed by atoms with Crippen molar-refractivity contribution in [1.29, 1.82) is 0 Å². The van der Waals surface area contributed by atoms with Crippen LogP contribution in [0.4, 0.5) is 4.79 Å². The predicted octanol–water partition coefficient (Wildman–Crippen LogP) is 1.76. The summed E-state index contributed by atoms with van der Waals surface area (Å²) in [5.74, 6) is -0.718. The molecule has 78 valence electrons. The molecule has 0 rings (SSSR count). The molecule has 0 aliphatic rings. The zero-order valence-corrected chi connectivity index (χ0v) is 8.93. The average molecular weight is 231 g/mol. The summed E-state index contributed by atoms with van der Waals surface area (Å²) in [7, 11) is 0. The maximum Gasteiger partial charge on any atom is 0.313 e. The highest BCUT2D eigenvalue weighted by atomic mass is 35.5. The van der Waals surface area contributed by atoms with Gasteiger partial charge in [0.25, 0.3) is 0 Å². The third kappa shape index (κ3) is 14.5. The van der Waals surface area contributed by atoms with E-state index in [4.69, 9.17) is 9.90 Å². The number of hydrogen-bond acceptors (Lipinski definition) is 4. The fraction of sp³-hybridized carbons (Fsp3) is 0.714. The second-order valence-corrected chi connectivity index (χ2v) is 2.94. The Bertz CT molecular complexity index is 157. The Morgan fingerprint density at radius 3 is 2.08 bits per heavy atom. The topological polar surface area (TPSA) is 63.6 Å². The number of ether oxygens (including phenoxy) is 1. The van der Waals surface area contributed by atoms with E-state index in [9.17, 15) is 4.79 Å². The molecule has 0 aliphatic heterocycles. The van der Waals surface area contributed by atoms with Gasteiger partial charge in [0, 0.05) is 0 Å². The quantitative estimate of drug-likeness (QED) is 0.593. The van der Waals surface area contributed by atoms with Gasteiger partial charge in [-0.15, -0.1) is 0 Å². The molecule has 0 aromatic carbocycles.